The quantitative estimate of drug-likeness (QED) is 0.534. The highest BCUT2D eigenvalue weighted by molar-refractivity contribution is 8.08. The van der Waals surface area contributed by atoms with Gasteiger partial charge in [0, 0.05) is 0 Å². The zero-order valence-electron chi connectivity index (χ0n) is 6.98. The highest BCUT2D eigenvalue weighted by atomic mass is 32.5. The van der Waals surface area contributed by atoms with Gasteiger partial charge in [-0.3, -0.25) is 9.88 Å². The van der Waals surface area contributed by atoms with Crippen LogP contribution < -0.4 is 5.09 Å². The maximum Gasteiger partial charge on any atom is 0.287 e. The number of hydrogen-bond acceptors (Lipinski definition) is 3. The normalized spacial score (nSPS) is 15.9. The van der Waals surface area contributed by atoms with Crippen LogP contribution in [-0.4, -0.2) is 17.4 Å². The Bertz CT molecular complexity index is 229. The summed E-state index contributed by atoms with van der Waals surface area (Å²) in [5.41, 5.74) is 0. The molecule has 0 heterocycles. The molecule has 0 spiro atoms. The zero-order chi connectivity index (χ0) is 9.61. The van der Waals surface area contributed by atoms with Gasteiger partial charge in [0.15, 0.2) is 0 Å². The number of allylic oxidation sites excluding steroid dienone is 1. The highest BCUT2D eigenvalue weighted by Gasteiger charge is 2.13. The van der Waals surface area contributed by atoms with Crippen molar-refractivity contribution in [1.82, 2.24) is 5.09 Å². The number of rotatable bonds is 4. The van der Waals surface area contributed by atoms with Crippen LogP contribution in [0.1, 0.15) is 13.8 Å². The summed E-state index contributed by atoms with van der Waals surface area (Å²) >= 11 is 4.61. The summed E-state index contributed by atoms with van der Waals surface area (Å²) in [4.78, 5) is 20.1. The van der Waals surface area contributed by atoms with Crippen molar-refractivity contribution in [2.24, 2.45) is 0 Å². The van der Waals surface area contributed by atoms with Crippen LogP contribution >= 0.6 is 6.64 Å². The summed E-state index contributed by atoms with van der Waals surface area (Å²) in [7, 11) is 0. The van der Waals surface area contributed by atoms with Crippen LogP contribution in [0.25, 0.3) is 0 Å². The van der Waals surface area contributed by atoms with E-state index in [1.807, 2.05) is 0 Å². The molecule has 1 unspecified atom stereocenters. The lowest BCUT2D eigenvalue weighted by Gasteiger charge is -2.13. The molecule has 4 nitrogen and oxygen atoms in total. The number of nitrogens with one attached hydrogen (secondary N) is 1. The van der Waals surface area contributed by atoms with Crippen molar-refractivity contribution >= 4 is 24.4 Å². The largest absolute Gasteiger partial charge is 0.329 e. The Hall–Kier alpha value is -0.220. The van der Waals surface area contributed by atoms with E-state index >= 15 is 0 Å². The number of amides is 1. The maximum absolute atomic E-state index is 10.9. The fraction of sp³-hybridized carbons (Fsp3) is 0.500. The fourth-order valence-electron chi connectivity index (χ4n) is 0.535. The minimum absolute atomic E-state index is 0.282. The van der Waals surface area contributed by atoms with E-state index in [0.29, 0.717) is 0 Å². The van der Waals surface area contributed by atoms with Crippen molar-refractivity contribution in [3.05, 3.63) is 12.2 Å². The van der Waals surface area contributed by atoms with Gasteiger partial charge in [-0.25, -0.2) is 0 Å². The molecule has 0 aliphatic heterocycles. The van der Waals surface area contributed by atoms with Crippen LogP contribution in [0.4, 0.5) is 0 Å². The number of carbonyl (C=O) groups excluding carboxylic acids is 1. The third-order valence-corrected chi connectivity index (χ3v) is 2.57. The molecular weight excluding hydrogens is 197 g/mol. The van der Waals surface area contributed by atoms with E-state index in [4.69, 9.17) is 4.52 Å². The summed E-state index contributed by atoms with van der Waals surface area (Å²) < 4.78 is 4.76. The van der Waals surface area contributed by atoms with Crippen LogP contribution in [0.15, 0.2) is 12.2 Å². The van der Waals surface area contributed by atoms with Gasteiger partial charge in [-0.05, 0) is 31.7 Å². The van der Waals surface area contributed by atoms with E-state index in [1.165, 1.54) is 6.08 Å². The van der Waals surface area contributed by atoms with Gasteiger partial charge in [0.05, 0.1) is 6.61 Å². The van der Waals surface area contributed by atoms with Crippen molar-refractivity contribution in [3.8, 4) is 0 Å². The lowest BCUT2D eigenvalue weighted by atomic mass is 10.5. The van der Waals surface area contributed by atoms with Crippen LogP contribution in [-0.2, 0) is 21.1 Å². The van der Waals surface area contributed by atoms with Gasteiger partial charge >= 0.3 is 0 Å². The lowest BCUT2D eigenvalue weighted by Crippen LogP contribution is -2.18. The first-order chi connectivity index (χ1) is 5.52. The molecule has 0 aromatic rings. The Morgan fingerprint density at radius 1 is 1.83 bits per heavy atom. The molecule has 0 aliphatic rings. The minimum atomic E-state index is -3.10. The van der Waals surface area contributed by atoms with Gasteiger partial charge in [-0.15, -0.1) is 0 Å². The first kappa shape index (κ1) is 11.8. The molecule has 0 fully saturated rings. The predicted octanol–water partition coefficient (Wildman–Crippen LogP) is 0.932. The smallest absolute Gasteiger partial charge is 0.287 e. The minimum Gasteiger partial charge on any atom is -0.329 e. The molecule has 0 aliphatic carbocycles. The molecule has 12 heavy (non-hydrogen) atoms. The van der Waals surface area contributed by atoms with E-state index in [2.05, 4.69) is 16.9 Å². The third kappa shape index (κ3) is 5.43. The molecular formula is C6H12NO3PS. The van der Waals surface area contributed by atoms with Crippen molar-refractivity contribution in [2.75, 3.05) is 6.61 Å². The molecule has 0 saturated heterocycles. The molecule has 6 heteroatoms. The van der Waals surface area contributed by atoms with Crippen molar-refractivity contribution in [3.63, 3.8) is 0 Å². The summed E-state index contributed by atoms with van der Waals surface area (Å²) in [5, 5.41) is 2.19. The van der Waals surface area contributed by atoms with Gasteiger partial charge in [-0.1, -0.05) is 6.08 Å². The van der Waals surface area contributed by atoms with Crippen LogP contribution in [0.2, 0.25) is 0 Å². The van der Waals surface area contributed by atoms with Gasteiger partial charge in [0.1, 0.15) is 0 Å². The van der Waals surface area contributed by atoms with E-state index in [-0.39, 0.29) is 6.61 Å². The number of carbonyl (C=O) groups is 1. The molecule has 0 radical (unpaired) electrons. The van der Waals surface area contributed by atoms with Gasteiger partial charge in [0.25, 0.3) is 12.5 Å². The van der Waals surface area contributed by atoms with Gasteiger partial charge in [-0.2, -0.15) is 0 Å². The maximum atomic E-state index is 10.9. The Morgan fingerprint density at radius 2 is 2.42 bits per heavy atom. The standard InChI is InChI=1S/C6H12NO3PS/c1-3-5-6(8)7-11(9,12)10-4-2/h3,5H,4H2,1-2H3,(H2,7,8,9,12)/b5-3+. The van der Waals surface area contributed by atoms with Crippen LogP contribution in [0.3, 0.4) is 0 Å². The van der Waals surface area contributed by atoms with Crippen molar-refractivity contribution in [2.45, 2.75) is 13.8 Å². The average Bonchev–Trinajstić information content (AvgIpc) is 1.85. The second-order valence-electron chi connectivity index (χ2n) is 1.91. The summed E-state index contributed by atoms with van der Waals surface area (Å²) in [6, 6.07) is 0. The fourth-order valence-corrected chi connectivity index (χ4v) is 1.89. The van der Waals surface area contributed by atoms with Gasteiger partial charge in [0.2, 0.25) is 0 Å². The molecule has 0 aromatic carbocycles. The number of hydrogen-bond donors (Lipinski definition) is 2. The average molecular weight is 209 g/mol. The topological polar surface area (TPSA) is 58.6 Å². The van der Waals surface area contributed by atoms with E-state index < -0.39 is 12.5 Å². The first-order valence-electron chi connectivity index (χ1n) is 3.44. The van der Waals surface area contributed by atoms with Crippen molar-refractivity contribution in [1.29, 1.82) is 0 Å². The Morgan fingerprint density at radius 3 is 2.83 bits per heavy atom. The molecule has 0 rings (SSSR count). The van der Waals surface area contributed by atoms with Crippen molar-refractivity contribution < 1.29 is 14.2 Å². The molecule has 0 bridgehead atoms. The Kier molecular flexibility index (Phi) is 5.33. The monoisotopic (exact) mass is 209 g/mol. The van der Waals surface area contributed by atoms with E-state index in [0.717, 1.165) is 0 Å². The zero-order valence-corrected chi connectivity index (χ0v) is 8.69. The van der Waals surface area contributed by atoms with Crippen LogP contribution in [0, 0.1) is 0 Å². The van der Waals surface area contributed by atoms with E-state index in [9.17, 15) is 9.69 Å². The highest BCUT2D eigenvalue weighted by Crippen LogP contribution is 2.36. The SMILES string of the molecule is C/C=C/C(=O)NP(O)(=S)OCC. The molecule has 0 saturated carbocycles. The second-order valence-corrected chi connectivity index (χ2v) is 4.92. The molecule has 1 amide bonds. The van der Waals surface area contributed by atoms with Crippen LogP contribution in [0.5, 0.6) is 0 Å². The predicted molar refractivity (Wildman–Crippen MR) is 51.1 cm³/mol. The Labute approximate surface area is 76.8 Å². The molecule has 0 aromatic heterocycles. The summed E-state index contributed by atoms with van der Waals surface area (Å²) in [6.45, 7) is 0.575. The van der Waals surface area contributed by atoms with E-state index in [1.54, 1.807) is 19.9 Å². The second kappa shape index (κ2) is 5.43. The summed E-state index contributed by atoms with van der Waals surface area (Å²) in [5.74, 6) is -0.434. The first-order valence-corrected chi connectivity index (χ1v) is 6.11. The summed E-state index contributed by atoms with van der Waals surface area (Å²) in [6.07, 6.45) is 2.83. The molecule has 2 N–H and O–H groups in total. The third-order valence-electron chi connectivity index (χ3n) is 0.874. The van der Waals surface area contributed by atoms with Gasteiger partial charge < -0.3 is 9.42 Å². The molecule has 1 atom stereocenters. The lowest BCUT2D eigenvalue weighted by molar-refractivity contribution is -0.115. The Balaban J connectivity index is 4.06. The molecule has 70 valence electrons.